The maximum absolute atomic E-state index is 5.84. The molecule has 0 saturated carbocycles. The van der Waals surface area contributed by atoms with Crippen LogP contribution in [0.3, 0.4) is 0 Å². The highest BCUT2D eigenvalue weighted by atomic mass is 16.7. The van der Waals surface area contributed by atoms with E-state index in [1.165, 1.54) is 11.3 Å². The molecule has 7 heteroatoms. The van der Waals surface area contributed by atoms with Gasteiger partial charge in [0.05, 0.1) is 13.2 Å². The summed E-state index contributed by atoms with van der Waals surface area (Å²) in [6.07, 6.45) is 3.63. The number of rotatable bonds is 3. The SMILES string of the molecule is Cc1cccc(N2CCN(c3ccnc(N4CCC5(CC4)OCCO5)n3)CC2)c1. The van der Waals surface area contributed by atoms with Gasteiger partial charge in [-0.2, -0.15) is 4.98 Å². The Morgan fingerprint density at radius 1 is 0.862 bits per heavy atom. The summed E-state index contributed by atoms with van der Waals surface area (Å²) in [6.45, 7) is 9.24. The van der Waals surface area contributed by atoms with Gasteiger partial charge in [-0.3, -0.25) is 0 Å². The molecule has 3 fully saturated rings. The first-order valence-electron chi connectivity index (χ1n) is 10.6. The summed E-state index contributed by atoms with van der Waals surface area (Å²) in [5, 5.41) is 0. The number of benzene rings is 1. The van der Waals surface area contributed by atoms with Crippen molar-refractivity contribution in [1.29, 1.82) is 0 Å². The maximum atomic E-state index is 5.84. The summed E-state index contributed by atoms with van der Waals surface area (Å²) in [6, 6.07) is 10.8. The Labute approximate surface area is 172 Å². The molecule has 0 N–H and O–H groups in total. The van der Waals surface area contributed by atoms with Crippen molar-refractivity contribution in [2.75, 3.05) is 67.2 Å². The summed E-state index contributed by atoms with van der Waals surface area (Å²) in [5.74, 6) is 1.48. The van der Waals surface area contributed by atoms with Gasteiger partial charge in [0.25, 0.3) is 0 Å². The topological polar surface area (TPSA) is 54.0 Å². The Morgan fingerprint density at radius 2 is 1.59 bits per heavy atom. The van der Waals surface area contributed by atoms with Crippen molar-refractivity contribution in [3.63, 3.8) is 0 Å². The molecule has 0 aliphatic carbocycles. The molecule has 3 aliphatic rings. The first-order valence-corrected chi connectivity index (χ1v) is 10.6. The fourth-order valence-corrected chi connectivity index (χ4v) is 4.52. The molecule has 1 spiro atoms. The van der Waals surface area contributed by atoms with Gasteiger partial charge < -0.3 is 24.2 Å². The largest absolute Gasteiger partial charge is 0.368 e. The summed E-state index contributed by atoms with van der Waals surface area (Å²) < 4.78 is 11.7. The van der Waals surface area contributed by atoms with Gasteiger partial charge in [0.2, 0.25) is 5.95 Å². The fourth-order valence-electron chi connectivity index (χ4n) is 4.52. The van der Waals surface area contributed by atoms with Crippen molar-refractivity contribution in [3.05, 3.63) is 42.1 Å². The van der Waals surface area contributed by atoms with Crippen LogP contribution in [0.4, 0.5) is 17.5 Å². The third-order valence-corrected chi connectivity index (χ3v) is 6.22. The van der Waals surface area contributed by atoms with Crippen LogP contribution in [0.1, 0.15) is 18.4 Å². The van der Waals surface area contributed by atoms with E-state index in [1.807, 2.05) is 12.3 Å². The number of nitrogens with zero attached hydrogens (tertiary/aromatic N) is 5. The number of piperazine rings is 1. The third-order valence-electron chi connectivity index (χ3n) is 6.22. The first-order chi connectivity index (χ1) is 14.2. The Balaban J connectivity index is 1.22. The summed E-state index contributed by atoms with van der Waals surface area (Å²) >= 11 is 0. The van der Waals surface area contributed by atoms with Crippen LogP contribution < -0.4 is 14.7 Å². The summed E-state index contributed by atoms with van der Waals surface area (Å²) in [5.41, 5.74) is 2.62. The minimum atomic E-state index is -0.361. The van der Waals surface area contributed by atoms with Crippen LogP contribution in [0.25, 0.3) is 0 Å². The minimum absolute atomic E-state index is 0.361. The van der Waals surface area contributed by atoms with Crippen LogP contribution >= 0.6 is 0 Å². The molecule has 0 atom stereocenters. The van der Waals surface area contributed by atoms with Crippen molar-refractivity contribution >= 4 is 17.5 Å². The van der Waals surface area contributed by atoms with E-state index in [2.05, 4.69) is 50.9 Å². The predicted octanol–water partition coefficient (Wildman–Crippen LogP) is 2.45. The van der Waals surface area contributed by atoms with Crippen molar-refractivity contribution in [2.24, 2.45) is 0 Å². The van der Waals surface area contributed by atoms with E-state index in [0.29, 0.717) is 13.2 Å². The zero-order valence-electron chi connectivity index (χ0n) is 17.1. The quantitative estimate of drug-likeness (QED) is 0.791. The highest BCUT2D eigenvalue weighted by Crippen LogP contribution is 2.32. The molecular formula is C22H29N5O2. The van der Waals surface area contributed by atoms with Gasteiger partial charge >= 0.3 is 0 Å². The average molecular weight is 396 g/mol. The van der Waals surface area contributed by atoms with E-state index in [9.17, 15) is 0 Å². The second kappa shape index (κ2) is 7.80. The highest BCUT2D eigenvalue weighted by molar-refractivity contribution is 5.51. The number of aryl methyl sites for hydroxylation is 1. The number of ether oxygens (including phenoxy) is 2. The Bertz CT molecular complexity index is 837. The number of hydrogen-bond donors (Lipinski definition) is 0. The number of piperidine rings is 1. The van der Waals surface area contributed by atoms with Gasteiger partial charge in [-0.1, -0.05) is 12.1 Å². The summed E-state index contributed by atoms with van der Waals surface area (Å²) in [4.78, 5) is 16.5. The van der Waals surface area contributed by atoms with Crippen molar-refractivity contribution in [1.82, 2.24) is 9.97 Å². The lowest BCUT2D eigenvalue weighted by atomic mass is 10.0. The van der Waals surface area contributed by atoms with E-state index in [-0.39, 0.29) is 5.79 Å². The lowest BCUT2D eigenvalue weighted by Gasteiger charge is -2.38. The lowest BCUT2D eigenvalue weighted by molar-refractivity contribution is -0.169. The van der Waals surface area contributed by atoms with Crippen LogP contribution in [0.15, 0.2) is 36.5 Å². The molecule has 29 heavy (non-hydrogen) atoms. The van der Waals surface area contributed by atoms with Gasteiger partial charge in [0, 0.05) is 64.0 Å². The molecule has 3 saturated heterocycles. The molecule has 0 unspecified atom stereocenters. The van der Waals surface area contributed by atoms with Gasteiger partial charge in [-0.05, 0) is 30.7 Å². The standard InChI is InChI=1S/C22H29N5O2/c1-18-3-2-4-19(17-18)25-11-13-26(14-12-25)20-5-8-23-21(24-20)27-9-6-22(7-10-27)28-15-16-29-22/h2-5,8,17H,6-7,9-16H2,1H3. The van der Waals surface area contributed by atoms with Gasteiger partial charge in [-0.15, -0.1) is 0 Å². The molecule has 1 aromatic carbocycles. The second-order valence-corrected chi connectivity index (χ2v) is 8.12. The smallest absolute Gasteiger partial charge is 0.227 e. The molecule has 5 rings (SSSR count). The van der Waals surface area contributed by atoms with Crippen molar-refractivity contribution in [2.45, 2.75) is 25.6 Å². The van der Waals surface area contributed by atoms with E-state index in [4.69, 9.17) is 14.5 Å². The number of anilines is 3. The first kappa shape index (κ1) is 18.6. The normalized spacial score (nSPS) is 21.8. The molecule has 4 heterocycles. The second-order valence-electron chi connectivity index (χ2n) is 8.12. The minimum Gasteiger partial charge on any atom is -0.368 e. The van der Waals surface area contributed by atoms with Crippen LogP contribution in [0.2, 0.25) is 0 Å². The van der Waals surface area contributed by atoms with Crippen molar-refractivity contribution < 1.29 is 9.47 Å². The predicted molar refractivity (Wildman–Crippen MR) is 114 cm³/mol. The lowest BCUT2D eigenvalue weighted by Crippen LogP contribution is -2.47. The average Bonchev–Trinajstić information content (AvgIpc) is 3.22. The molecule has 2 aromatic rings. The van der Waals surface area contributed by atoms with E-state index < -0.39 is 0 Å². The molecule has 7 nitrogen and oxygen atoms in total. The molecule has 3 aliphatic heterocycles. The molecule has 0 radical (unpaired) electrons. The van der Waals surface area contributed by atoms with Crippen LogP contribution in [0, 0.1) is 6.92 Å². The number of aromatic nitrogens is 2. The number of hydrogen-bond acceptors (Lipinski definition) is 7. The molecule has 0 amide bonds. The van der Waals surface area contributed by atoms with Crippen LogP contribution in [-0.2, 0) is 9.47 Å². The zero-order valence-corrected chi connectivity index (χ0v) is 17.1. The van der Waals surface area contributed by atoms with Crippen LogP contribution in [-0.4, -0.2) is 68.2 Å². The maximum Gasteiger partial charge on any atom is 0.227 e. The molecule has 154 valence electrons. The van der Waals surface area contributed by atoms with E-state index in [0.717, 1.165) is 63.9 Å². The third kappa shape index (κ3) is 3.89. The molecular weight excluding hydrogens is 366 g/mol. The Morgan fingerprint density at radius 3 is 2.31 bits per heavy atom. The van der Waals surface area contributed by atoms with Crippen LogP contribution in [0.5, 0.6) is 0 Å². The molecule has 0 bridgehead atoms. The van der Waals surface area contributed by atoms with E-state index >= 15 is 0 Å². The van der Waals surface area contributed by atoms with Crippen molar-refractivity contribution in [3.8, 4) is 0 Å². The Kier molecular flexibility index (Phi) is 5.01. The van der Waals surface area contributed by atoms with Gasteiger partial charge in [-0.25, -0.2) is 4.98 Å². The van der Waals surface area contributed by atoms with Gasteiger partial charge in [0.1, 0.15) is 5.82 Å². The van der Waals surface area contributed by atoms with Gasteiger partial charge in [0.15, 0.2) is 5.79 Å². The summed E-state index contributed by atoms with van der Waals surface area (Å²) in [7, 11) is 0. The Hall–Kier alpha value is -2.38. The fraction of sp³-hybridized carbons (Fsp3) is 0.545. The molecule has 1 aromatic heterocycles. The van der Waals surface area contributed by atoms with E-state index in [1.54, 1.807) is 0 Å². The monoisotopic (exact) mass is 395 g/mol. The zero-order chi connectivity index (χ0) is 19.7. The highest BCUT2D eigenvalue weighted by Gasteiger charge is 2.40.